The molecule has 0 aromatic heterocycles. The number of benzene rings is 1. The summed E-state index contributed by atoms with van der Waals surface area (Å²) in [5.41, 5.74) is 1.20. The smallest absolute Gasteiger partial charge is 0.123 e. The van der Waals surface area contributed by atoms with E-state index < -0.39 is 0 Å². The molecule has 0 aliphatic heterocycles. The second-order valence-electron chi connectivity index (χ2n) is 4.67. The fourth-order valence-electron chi connectivity index (χ4n) is 2.20. The van der Waals surface area contributed by atoms with Crippen molar-refractivity contribution < 1.29 is 4.39 Å². The third kappa shape index (κ3) is 3.31. The van der Waals surface area contributed by atoms with Gasteiger partial charge in [-0.25, -0.2) is 4.39 Å². The van der Waals surface area contributed by atoms with E-state index in [1.54, 1.807) is 0 Å². The summed E-state index contributed by atoms with van der Waals surface area (Å²) in [6.07, 6.45) is 0. The van der Waals surface area contributed by atoms with E-state index >= 15 is 0 Å². The normalized spacial score (nSPS) is 15.1. The molecule has 0 bridgehead atoms. The van der Waals surface area contributed by atoms with Crippen molar-refractivity contribution in [3.05, 3.63) is 35.6 Å². The minimum absolute atomic E-state index is 0.166. The van der Waals surface area contributed by atoms with Gasteiger partial charge in [-0.1, -0.05) is 39.8 Å². The van der Waals surface area contributed by atoms with Crippen molar-refractivity contribution in [1.82, 2.24) is 5.32 Å². The van der Waals surface area contributed by atoms with E-state index in [2.05, 4.69) is 33.0 Å². The first-order valence-electron chi connectivity index (χ1n) is 6.05. The highest BCUT2D eigenvalue weighted by Gasteiger charge is 2.20. The predicted molar refractivity (Wildman–Crippen MR) is 67.1 cm³/mol. The Balaban J connectivity index is 2.81. The summed E-state index contributed by atoms with van der Waals surface area (Å²) >= 11 is 0. The van der Waals surface area contributed by atoms with Crippen LogP contribution in [-0.2, 0) is 0 Å². The molecule has 2 unspecified atom stereocenters. The molecule has 1 aromatic carbocycles. The van der Waals surface area contributed by atoms with Crippen molar-refractivity contribution in [3.63, 3.8) is 0 Å². The molecule has 0 fully saturated rings. The van der Waals surface area contributed by atoms with Gasteiger partial charge >= 0.3 is 0 Å². The molecule has 2 atom stereocenters. The fourth-order valence-corrected chi connectivity index (χ4v) is 2.20. The summed E-state index contributed by atoms with van der Waals surface area (Å²) in [5, 5.41) is 3.50. The Hall–Kier alpha value is -0.890. The van der Waals surface area contributed by atoms with E-state index in [9.17, 15) is 4.39 Å². The average Bonchev–Trinajstić information content (AvgIpc) is 2.25. The Labute approximate surface area is 98.1 Å². The monoisotopic (exact) mass is 223 g/mol. The Bertz CT molecular complexity index is 305. The summed E-state index contributed by atoms with van der Waals surface area (Å²) in [4.78, 5) is 0. The molecule has 0 saturated carbocycles. The number of rotatable bonds is 5. The Morgan fingerprint density at radius 3 is 2.12 bits per heavy atom. The number of nitrogens with one attached hydrogen (secondary N) is 1. The minimum atomic E-state index is -0.166. The van der Waals surface area contributed by atoms with E-state index in [1.165, 1.54) is 17.7 Å². The molecular formula is C14H22FN. The molecule has 0 aliphatic rings. The topological polar surface area (TPSA) is 12.0 Å². The number of halogens is 1. The van der Waals surface area contributed by atoms with Gasteiger partial charge in [0.2, 0.25) is 0 Å². The quantitative estimate of drug-likeness (QED) is 0.804. The first-order valence-corrected chi connectivity index (χ1v) is 6.05. The molecule has 16 heavy (non-hydrogen) atoms. The van der Waals surface area contributed by atoms with Gasteiger partial charge in [0.1, 0.15) is 5.82 Å². The van der Waals surface area contributed by atoms with Crippen LogP contribution in [0.1, 0.15) is 39.2 Å². The first-order chi connectivity index (χ1) is 7.56. The lowest BCUT2D eigenvalue weighted by atomic mass is 9.86. The van der Waals surface area contributed by atoms with Crippen molar-refractivity contribution in [2.45, 2.75) is 39.7 Å². The summed E-state index contributed by atoms with van der Waals surface area (Å²) in [6.45, 7) is 9.71. The van der Waals surface area contributed by atoms with E-state index in [0.717, 1.165) is 6.54 Å². The van der Waals surface area contributed by atoms with Crippen LogP contribution in [0.3, 0.4) is 0 Å². The van der Waals surface area contributed by atoms with Crippen LogP contribution in [-0.4, -0.2) is 12.6 Å². The molecule has 0 heterocycles. The van der Waals surface area contributed by atoms with Crippen molar-refractivity contribution in [2.75, 3.05) is 6.54 Å². The standard InChI is InChI=1S/C14H22FN/c1-5-16-14(10(2)3)11(4)12-6-8-13(15)9-7-12/h6-11,14,16H,5H2,1-4H3. The summed E-state index contributed by atoms with van der Waals surface area (Å²) in [6, 6.07) is 7.28. The van der Waals surface area contributed by atoms with Crippen molar-refractivity contribution >= 4 is 0 Å². The van der Waals surface area contributed by atoms with E-state index in [4.69, 9.17) is 0 Å². The third-order valence-electron chi connectivity index (χ3n) is 3.09. The zero-order valence-corrected chi connectivity index (χ0v) is 10.6. The Morgan fingerprint density at radius 2 is 1.69 bits per heavy atom. The highest BCUT2D eigenvalue weighted by Crippen LogP contribution is 2.24. The van der Waals surface area contributed by atoms with Gasteiger partial charge in [-0.3, -0.25) is 0 Å². The molecule has 1 rings (SSSR count). The zero-order chi connectivity index (χ0) is 12.1. The molecule has 0 aliphatic carbocycles. The van der Waals surface area contributed by atoms with Gasteiger partial charge in [-0.15, -0.1) is 0 Å². The molecule has 2 heteroatoms. The lowest BCUT2D eigenvalue weighted by Gasteiger charge is -2.28. The van der Waals surface area contributed by atoms with Gasteiger partial charge < -0.3 is 5.32 Å². The van der Waals surface area contributed by atoms with E-state index in [-0.39, 0.29) is 5.82 Å². The van der Waals surface area contributed by atoms with Crippen LogP contribution in [0, 0.1) is 11.7 Å². The fraction of sp³-hybridized carbons (Fsp3) is 0.571. The molecule has 0 amide bonds. The summed E-state index contributed by atoms with van der Waals surface area (Å²) < 4.78 is 12.8. The van der Waals surface area contributed by atoms with Gasteiger partial charge in [0.25, 0.3) is 0 Å². The van der Waals surface area contributed by atoms with Crippen LogP contribution in [0.5, 0.6) is 0 Å². The Kier molecular flexibility index (Phi) is 4.94. The van der Waals surface area contributed by atoms with Crippen molar-refractivity contribution in [2.24, 2.45) is 5.92 Å². The average molecular weight is 223 g/mol. The van der Waals surface area contributed by atoms with Crippen molar-refractivity contribution in [3.8, 4) is 0 Å². The first kappa shape index (κ1) is 13.2. The second-order valence-corrected chi connectivity index (χ2v) is 4.67. The van der Waals surface area contributed by atoms with Gasteiger partial charge in [0.15, 0.2) is 0 Å². The molecular weight excluding hydrogens is 201 g/mol. The summed E-state index contributed by atoms with van der Waals surface area (Å²) in [7, 11) is 0. The van der Waals surface area contributed by atoms with Gasteiger partial charge in [-0.05, 0) is 36.1 Å². The molecule has 1 nitrogen and oxygen atoms in total. The van der Waals surface area contributed by atoms with Crippen LogP contribution < -0.4 is 5.32 Å². The molecule has 0 saturated heterocycles. The van der Waals surface area contributed by atoms with Gasteiger partial charge in [0.05, 0.1) is 0 Å². The maximum atomic E-state index is 12.8. The molecule has 1 N–H and O–H groups in total. The highest BCUT2D eigenvalue weighted by molar-refractivity contribution is 5.21. The number of likely N-dealkylation sites (N-methyl/N-ethyl adjacent to an activating group) is 1. The molecule has 90 valence electrons. The lowest BCUT2D eigenvalue weighted by Crippen LogP contribution is -2.38. The lowest BCUT2D eigenvalue weighted by molar-refractivity contribution is 0.360. The van der Waals surface area contributed by atoms with E-state index in [1.807, 2.05) is 12.1 Å². The largest absolute Gasteiger partial charge is 0.313 e. The maximum Gasteiger partial charge on any atom is 0.123 e. The van der Waals surface area contributed by atoms with Crippen LogP contribution in [0.2, 0.25) is 0 Å². The molecule has 0 spiro atoms. The van der Waals surface area contributed by atoms with E-state index in [0.29, 0.717) is 17.9 Å². The van der Waals surface area contributed by atoms with Crippen molar-refractivity contribution in [1.29, 1.82) is 0 Å². The van der Waals surface area contributed by atoms with Crippen LogP contribution >= 0.6 is 0 Å². The molecule has 1 aromatic rings. The Morgan fingerprint density at radius 1 is 1.12 bits per heavy atom. The highest BCUT2D eigenvalue weighted by atomic mass is 19.1. The second kappa shape index (κ2) is 6.00. The van der Waals surface area contributed by atoms with Gasteiger partial charge in [0, 0.05) is 6.04 Å². The van der Waals surface area contributed by atoms with Crippen LogP contribution in [0.25, 0.3) is 0 Å². The molecule has 0 radical (unpaired) electrons. The summed E-state index contributed by atoms with van der Waals surface area (Å²) in [5.74, 6) is 0.807. The minimum Gasteiger partial charge on any atom is -0.313 e. The third-order valence-corrected chi connectivity index (χ3v) is 3.09. The number of hydrogen-bond acceptors (Lipinski definition) is 1. The van der Waals surface area contributed by atoms with Gasteiger partial charge in [-0.2, -0.15) is 0 Å². The predicted octanol–water partition coefficient (Wildman–Crippen LogP) is 3.56. The number of hydrogen-bond donors (Lipinski definition) is 1. The van der Waals surface area contributed by atoms with Crippen LogP contribution in [0.4, 0.5) is 4.39 Å². The van der Waals surface area contributed by atoms with Crippen LogP contribution in [0.15, 0.2) is 24.3 Å². The zero-order valence-electron chi connectivity index (χ0n) is 10.6. The maximum absolute atomic E-state index is 12.8. The SMILES string of the molecule is CCNC(C(C)C)C(C)c1ccc(F)cc1.